The number of aliphatic hydroxyl groups is 2. The molecule has 0 aromatic carbocycles. The fourth-order valence-electron chi connectivity index (χ4n) is 12.7. The summed E-state index contributed by atoms with van der Waals surface area (Å²) in [6, 6.07) is -0.628. The molecule has 6 nitrogen and oxygen atoms in total. The Labute approximate surface area is 556 Å². The number of esters is 1. The van der Waals surface area contributed by atoms with E-state index < -0.39 is 12.1 Å². The predicted molar refractivity (Wildman–Crippen MR) is 393 cm³/mol. The number of carbonyl (C=O) groups excluding carboxylic acids is 2. The number of ether oxygens (including phenoxy) is 1. The molecule has 0 fully saturated rings. The first-order chi connectivity index (χ1) is 44.0. The first kappa shape index (κ1) is 86.8. The van der Waals surface area contributed by atoms with Crippen LogP contribution in [0, 0.1) is 0 Å². The summed E-state index contributed by atoms with van der Waals surface area (Å²) < 4.78 is 5.51. The largest absolute Gasteiger partial charge is 0.466 e. The van der Waals surface area contributed by atoms with E-state index in [1.54, 1.807) is 6.08 Å². The summed E-state index contributed by atoms with van der Waals surface area (Å²) in [5.74, 6) is -0.0481. The molecule has 1 amide bonds. The van der Waals surface area contributed by atoms with Gasteiger partial charge in [0.05, 0.1) is 25.4 Å². The smallest absolute Gasteiger partial charge is 0.305 e. The summed E-state index contributed by atoms with van der Waals surface area (Å²) in [6.07, 6.45) is 104. The molecule has 0 saturated heterocycles. The van der Waals surface area contributed by atoms with Crippen molar-refractivity contribution < 1.29 is 24.5 Å². The summed E-state index contributed by atoms with van der Waals surface area (Å²) >= 11 is 0. The van der Waals surface area contributed by atoms with Crippen molar-refractivity contribution in [2.75, 3.05) is 13.2 Å². The minimum Gasteiger partial charge on any atom is -0.466 e. The van der Waals surface area contributed by atoms with Crippen LogP contribution < -0.4 is 5.32 Å². The van der Waals surface area contributed by atoms with Gasteiger partial charge >= 0.3 is 5.97 Å². The number of amides is 1. The van der Waals surface area contributed by atoms with Gasteiger partial charge in [0.25, 0.3) is 0 Å². The molecule has 0 saturated carbocycles. The van der Waals surface area contributed by atoms with Crippen LogP contribution in [0.3, 0.4) is 0 Å². The number of hydrogen-bond donors (Lipinski definition) is 3. The molecular weight excluding hydrogens is 1090 g/mol. The maximum absolute atomic E-state index is 12.5. The van der Waals surface area contributed by atoms with E-state index in [1.807, 2.05) is 6.08 Å². The zero-order valence-electron chi connectivity index (χ0n) is 60.2. The molecule has 2 atom stereocenters. The van der Waals surface area contributed by atoms with Crippen LogP contribution in [-0.4, -0.2) is 47.4 Å². The first-order valence-electron chi connectivity index (χ1n) is 40.4. The van der Waals surface area contributed by atoms with E-state index in [9.17, 15) is 19.8 Å². The average molecular weight is 1250 g/mol. The Bertz CT molecular complexity index is 1490. The van der Waals surface area contributed by atoms with Crippen LogP contribution in [0.1, 0.15) is 444 Å². The van der Waals surface area contributed by atoms with E-state index in [2.05, 4.69) is 55.6 Å². The number of carbonyl (C=O) groups is 2. The Balaban J connectivity index is 3.39. The highest BCUT2D eigenvalue weighted by atomic mass is 16.5. The summed E-state index contributed by atoms with van der Waals surface area (Å²) in [4.78, 5) is 24.7. The van der Waals surface area contributed by atoms with Crippen molar-refractivity contribution in [3.05, 3.63) is 48.6 Å². The molecule has 0 aromatic rings. The minimum atomic E-state index is -0.845. The van der Waals surface area contributed by atoms with Crippen LogP contribution in [0.25, 0.3) is 0 Å². The van der Waals surface area contributed by atoms with Gasteiger partial charge in [0, 0.05) is 12.8 Å². The van der Waals surface area contributed by atoms with Crippen LogP contribution in [0.15, 0.2) is 48.6 Å². The van der Waals surface area contributed by atoms with E-state index in [1.165, 1.54) is 366 Å². The Morgan fingerprint density at radius 1 is 0.315 bits per heavy atom. The number of unbranched alkanes of at least 4 members (excludes halogenated alkanes) is 59. The SMILES string of the molecule is CCCCCCCC/C=C\CCCCCCCCCCCC(=O)OCCCCCCCCCCC/C=C\C/C=C\CCCCCCCCCCCCCCCCCCCC(=O)NC(CO)C(O)/C=C/CCCCCCCCCCCCCCCCCCCC. The molecule has 2 unspecified atom stereocenters. The molecule has 3 N–H and O–H groups in total. The van der Waals surface area contributed by atoms with E-state index in [0.29, 0.717) is 19.4 Å². The monoisotopic (exact) mass is 1250 g/mol. The molecule has 0 aliphatic rings. The van der Waals surface area contributed by atoms with Crippen LogP contribution in [0.5, 0.6) is 0 Å². The van der Waals surface area contributed by atoms with Gasteiger partial charge in [-0.25, -0.2) is 0 Å². The Hall–Kier alpha value is -2.18. The lowest BCUT2D eigenvalue weighted by Gasteiger charge is -2.20. The normalized spacial score (nSPS) is 12.7. The molecule has 0 aromatic heterocycles. The number of rotatable bonds is 76. The Kier molecular flexibility index (Phi) is 76.3. The van der Waals surface area contributed by atoms with Crippen molar-refractivity contribution in [1.82, 2.24) is 5.32 Å². The fraction of sp³-hybridized carbons (Fsp3) is 0.880. The van der Waals surface area contributed by atoms with Crippen molar-refractivity contribution in [3.8, 4) is 0 Å². The maximum Gasteiger partial charge on any atom is 0.305 e. The van der Waals surface area contributed by atoms with Crippen LogP contribution in [0.4, 0.5) is 0 Å². The second-order valence-electron chi connectivity index (χ2n) is 27.7. The summed E-state index contributed by atoms with van der Waals surface area (Å²) in [6.45, 7) is 4.94. The van der Waals surface area contributed by atoms with Gasteiger partial charge in [-0.05, 0) is 89.9 Å². The van der Waals surface area contributed by atoms with Crippen molar-refractivity contribution in [2.24, 2.45) is 0 Å². The second-order valence-corrected chi connectivity index (χ2v) is 27.7. The fourth-order valence-corrected chi connectivity index (χ4v) is 12.7. The Morgan fingerprint density at radius 2 is 0.562 bits per heavy atom. The van der Waals surface area contributed by atoms with E-state index in [4.69, 9.17) is 4.74 Å². The highest BCUT2D eigenvalue weighted by Crippen LogP contribution is 2.19. The molecular formula is C83H157NO5. The van der Waals surface area contributed by atoms with Crippen molar-refractivity contribution in [3.63, 3.8) is 0 Å². The molecule has 524 valence electrons. The predicted octanol–water partition coefficient (Wildman–Crippen LogP) is 26.8. The van der Waals surface area contributed by atoms with Gasteiger partial charge < -0.3 is 20.3 Å². The molecule has 0 spiro atoms. The number of aliphatic hydroxyl groups excluding tert-OH is 2. The highest BCUT2D eigenvalue weighted by molar-refractivity contribution is 5.76. The van der Waals surface area contributed by atoms with Gasteiger partial charge in [0.1, 0.15) is 0 Å². The van der Waals surface area contributed by atoms with Crippen molar-refractivity contribution >= 4 is 11.9 Å². The molecule has 0 aliphatic heterocycles. The first-order valence-corrected chi connectivity index (χ1v) is 40.4. The Morgan fingerprint density at radius 3 is 0.865 bits per heavy atom. The maximum atomic E-state index is 12.5. The van der Waals surface area contributed by atoms with Gasteiger partial charge in [0.15, 0.2) is 0 Å². The average Bonchev–Trinajstić information content (AvgIpc) is 3.57. The standard InChI is InChI=1S/C83H157NO5/c1-3-5-7-9-11-13-15-17-19-21-23-40-43-47-51-55-59-63-67-71-75-81(86)80(79-85)84-82(87)76-72-68-64-60-56-52-48-44-41-37-35-33-31-29-27-25-24-26-28-30-32-34-36-38-42-46-50-54-58-62-66-70-74-78-89-83(88)77-73-69-65-61-57-53-49-45-39-22-20-18-16-14-12-10-8-6-4-2/h18,20,28,30,34,36,71,75,80-81,85-86H,3-17,19,21-27,29,31-33,35,37-70,72-74,76-79H2,1-2H3,(H,84,87)/b20-18-,30-28-,36-34-,75-71+. The van der Waals surface area contributed by atoms with Crippen LogP contribution in [-0.2, 0) is 14.3 Å². The zero-order chi connectivity index (χ0) is 64.2. The number of allylic oxidation sites excluding steroid dienone is 7. The summed E-state index contributed by atoms with van der Waals surface area (Å²) in [5, 5.41) is 23.3. The molecule has 0 heterocycles. The van der Waals surface area contributed by atoms with E-state index in [0.717, 1.165) is 51.4 Å². The highest BCUT2D eigenvalue weighted by Gasteiger charge is 2.18. The van der Waals surface area contributed by atoms with Gasteiger partial charge in [-0.1, -0.05) is 390 Å². The lowest BCUT2D eigenvalue weighted by atomic mass is 10.0. The van der Waals surface area contributed by atoms with E-state index in [-0.39, 0.29) is 18.5 Å². The van der Waals surface area contributed by atoms with Gasteiger partial charge in [0.2, 0.25) is 5.91 Å². The molecule has 0 aliphatic carbocycles. The third-order valence-electron chi connectivity index (χ3n) is 18.8. The van der Waals surface area contributed by atoms with Crippen LogP contribution >= 0.6 is 0 Å². The lowest BCUT2D eigenvalue weighted by molar-refractivity contribution is -0.143. The molecule has 89 heavy (non-hydrogen) atoms. The quantitative estimate of drug-likeness (QED) is 0.0320. The third kappa shape index (κ3) is 74.7. The molecule has 0 rings (SSSR count). The molecule has 0 bridgehead atoms. The van der Waals surface area contributed by atoms with Gasteiger partial charge in [-0.15, -0.1) is 0 Å². The van der Waals surface area contributed by atoms with Crippen molar-refractivity contribution in [2.45, 2.75) is 456 Å². The molecule has 0 radical (unpaired) electrons. The third-order valence-corrected chi connectivity index (χ3v) is 18.8. The van der Waals surface area contributed by atoms with Gasteiger partial charge in [-0.2, -0.15) is 0 Å². The van der Waals surface area contributed by atoms with Crippen molar-refractivity contribution in [1.29, 1.82) is 0 Å². The number of hydrogen-bond acceptors (Lipinski definition) is 5. The topological polar surface area (TPSA) is 95.9 Å². The summed E-state index contributed by atoms with van der Waals surface area (Å²) in [7, 11) is 0. The lowest BCUT2D eigenvalue weighted by Crippen LogP contribution is -2.45. The van der Waals surface area contributed by atoms with E-state index >= 15 is 0 Å². The minimum absolute atomic E-state index is 0.0141. The summed E-state index contributed by atoms with van der Waals surface area (Å²) in [5.41, 5.74) is 0. The van der Waals surface area contributed by atoms with Crippen LogP contribution in [0.2, 0.25) is 0 Å². The zero-order valence-corrected chi connectivity index (χ0v) is 60.2. The number of nitrogens with one attached hydrogen (secondary N) is 1. The molecule has 6 heteroatoms. The second kappa shape index (κ2) is 78.3. The van der Waals surface area contributed by atoms with Gasteiger partial charge in [-0.3, -0.25) is 9.59 Å².